The third-order valence-electron chi connectivity index (χ3n) is 12.8. The van der Waals surface area contributed by atoms with Crippen molar-refractivity contribution < 1.29 is 0 Å². The van der Waals surface area contributed by atoms with E-state index in [9.17, 15) is 0 Å². The van der Waals surface area contributed by atoms with E-state index in [1.807, 2.05) is 0 Å². The van der Waals surface area contributed by atoms with Gasteiger partial charge in [0.1, 0.15) is 0 Å². The minimum atomic E-state index is -0.541. The van der Waals surface area contributed by atoms with Crippen LogP contribution in [0.5, 0.6) is 0 Å². The predicted octanol–water partition coefficient (Wildman–Crippen LogP) is 15.4. The smallest absolute Gasteiger partial charge is 0.0782 e. The van der Waals surface area contributed by atoms with Crippen LogP contribution in [0, 0.1) is 0 Å². The first-order valence-electron chi connectivity index (χ1n) is 21.1. The number of nitrogens with zero attached hydrogens (tertiary/aromatic N) is 2. The Balaban J connectivity index is 1.20. The second-order valence-electron chi connectivity index (χ2n) is 16.0. The zero-order valence-corrected chi connectivity index (χ0v) is 33.5. The molecular formula is C59H40N2. The minimum Gasteiger partial charge on any atom is -0.308 e. The van der Waals surface area contributed by atoms with Gasteiger partial charge in [0.2, 0.25) is 0 Å². The molecule has 0 amide bonds. The van der Waals surface area contributed by atoms with Crippen molar-refractivity contribution in [1.82, 2.24) is 4.57 Å². The Morgan fingerprint density at radius 3 is 1.74 bits per heavy atom. The van der Waals surface area contributed by atoms with Gasteiger partial charge in [0, 0.05) is 27.7 Å². The molecule has 0 spiro atoms. The Morgan fingerprint density at radius 2 is 0.951 bits per heavy atom. The van der Waals surface area contributed by atoms with Crippen molar-refractivity contribution in [3.05, 3.63) is 265 Å². The Bertz CT molecular complexity index is 3380. The average molecular weight is 777 g/mol. The van der Waals surface area contributed by atoms with E-state index in [-0.39, 0.29) is 0 Å². The molecule has 2 nitrogen and oxygen atoms in total. The summed E-state index contributed by atoms with van der Waals surface area (Å²) in [7, 11) is 0. The number of anilines is 3. The van der Waals surface area contributed by atoms with Crippen molar-refractivity contribution in [2.45, 2.75) is 5.41 Å². The van der Waals surface area contributed by atoms with Crippen LogP contribution in [-0.2, 0) is 5.41 Å². The van der Waals surface area contributed by atoms with Crippen LogP contribution in [0.4, 0.5) is 17.1 Å². The summed E-state index contributed by atoms with van der Waals surface area (Å²) in [6, 6.07) is 89.2. The molecule has 286 valence electrons. The Morgan fingerprint density at radius 1 is 0.361 bits per heavy atom. The normalized spacial score (nSPS) is 12.7. The van der Waals surface area contributed by atoms with Gasteiger partial charge in [0.15, 0.2) is 0 Å². The summed E-state index contributed by atoms with van der Waals surface area (Å²) in [5.41, 5.74) is 16.1. The lowest BCUT2D eigenvalue weighted by Gasteiger charge is -2.35. The van der Waals surface area contributed by atoms with Crippen LogP contribution in [0.25, 0.3) is 60.5 Å². The number of rotatable bonds is 7. The summed E-state index contributed by atoms with van der Waals surface area (Å²) in [5, 5.41) is 4.87. The van der Waals surface area contributed by atoms with Gasteiger partial charge in [-0.2, -0.15) is 0 Å². The lowest BCUT2D eigenvalue weighted by molar-refractivity contribution is 0.768. The SMILES string of the molecule is c1ccc(-c2ccccc2N(c2ccc3c(c2)C(c2ccccc2)(c2ccccc2)c2ccccc2-3)c2cccc3c4ccccc4n(-c4ccc5ccccc5c4)c23)cc1. The topological polar surface area (TPSA) is 8.17 Å². The molecule has 1 aliphatic rings. The van der Waals surface area contributed by atoms with Crippen LogP contribution in [0.15, 0.2) is 243 Å². The summed E-state index contributed by atoms with van der Waals surface area (Å²) in [6.07, 6.45) is 0. The van der Waals surface area contributed by atoms with Crippen molar-refractivity contribution in [1.29, 1.82) is 0 Å². The Kier molecular flexibility index (Phi) is 8.11. The molecule has 1 heterocycles. The Labute approximate surface area is 355 Å². The zero-order valence-electron chi connectivity index (χ0n) is 33.5. The van der Waals surface area contributed by atoms with E-state index >= 15 is 0 Å². The first-order chi connectivity index (χ1) is 30.3. The second kappa shape index (κ2) is 14.1. The number of benzene rings is 10. The molecule has 0 radical (unpaired) electrons. The van der Waals surface area contributed by atoms with Gasteiger partial charge < -0.3 is 9.47 Å². The number of aromatic nitrogens is 1. The van der Waals surface area contributed by atoms with Crippen LogP contribution in [-0.4, -0.2) is 4.57 Å². The quantitative estimate of drug-likeness (QED) is 0.156. The molecule has 0 saturated carbocycles. The lowest BCUT2D eigenvalue weighted by atomic mass is 9.67. The van der Waals surface area contributed by atoms with Crippen molar-refractivity contribution in [2.75, 3.05) is 4.90 Å². The maximum Gasteiger partial charge on any atom is 0.0782 e. The largest absolute Gasteiger partial charge is 0.308 e. The molecule has 0 atom stereocenters. The number of para-hydroxylation sites is 3. The highest BCUT2D eigenvalue weighted by molar-refractivity contribution is 6.15. The first kappa shape index (κ1) is 35.0. The zero-order chi connectivity index (χ0) is 40.3. The number of fused-ring (bicyclic) bond motifs is 7. The summed E-state index contributed by atoms with van der Waals surface area (Å²) in [6.45, 7) is 0. The van der Waals surface area contributed by atoms with Crippen LogP contribution in [0.3, 0.4) is 0 Å². The van der Waals surface area contributed by atoms with Crippen LogP contribution in [0.1, 0.15) is 22.3 Å². The third-order valence-corrected chi connectivity index (χ3v) is 12.8. The van der Waals surface area contributed by atoms with E-state index in [4.69, 9.17) is 0 Å². The van der Waals surface area contributed by atoms with Crippen molar-refractivity contribution in [2.24, 2.45) is 0 Å². The van der Waals surface area contributed by atoms with Crippen molar-refractivity contribution >= 4 is 49.6 Å². The monoisotopic (exact) mass is 776 g/mol. The summed E-state index contributed by atoms with van der Waals surface area (Å²) < 4.78 is 2.48. The van der Waals surface area contributed by atoms with Crippen LogP contribution >= 0.6 is 0 Å². The van der Waals surface area contributed by atoms with Crippen LogP contribution in [0.2, 0.25) is 0 Å². The fourth-order valence-corrected chi connectivity index (χ4v) is 10.3. The molecule has 12 rings (SSSR count). The van der Waals surface area contributed by atoms with Crippen molar-refractivity contribution in [3.8, 4) is 27.9 Å². The van der Waals surface area contributed by atoms with E-state index in [1.165, 1.54) is 66.0 Å². The van der Waals surface area contributed by atoms with Gasteiger partial charge in [0.25, 0.3) is 0 Å². The van der Waals surface area contributed by atoms with Gasteiger partial charge >= 0.3 is 0 Å². The highest BCUT2D eigenvalue weighted by atomic mass is 15.2. The molecule has 2 heteroatoms. The number of hydrogen-bond acceptors (Lipinski definition) is 1. The Hall–Kier alpha value is -7.94. The van der Waals surface area contributed by atoms with E-state index in [0.29, 0.717) is 0 Å². The van der Waals surface area contributed by atoms with E-state index in [0.717, 1.165) is 33.8 Å². The highest BCUT2D eigenvalue weighted by Gasteiger charge is 2.46. The molecule has 10 aromatic carbocycles. The molecule has 0 N–H and O–H groups in total. The molecule has 11 aromatic rings. The maximum atomic E-state index is 2.52. The fraction of sp³-hybridized carbons (Fsp3) is 0.0169. The number of hydrogen-bond donors (Lipinski definition) is 0. The molecule has 0 saturated heterocycles. The molecular weight excluding hydrogens is 737 g/mol. The lowest BCUT2D eigenvalue weighted by Crippen LogP contribution is -2.28. The molecule has 61 heavy (non-hydrogen) atoms. The minimum absolute atomic E-state index is 0.541. The molecule has 0 aliphatic heterocycles. The molecule has 0 bridgehead atoms. The summed E-state index contributed by atoms with van der Waals surface area (Å²) in [5.74, 6) is 0. The van der Waals surface area contributed by atoms with Gasteiger partial charge in [-0.1, -0.05) is 200 Å². The van der Waals surface area contributed by atoms with Gasteiger partial charge in [-0.25, -0.2) is 0 Å². The molecule has 1 aliphatic carbocycles. The predicted molar refractivity (Wildman–Crippen MR) is 256 cm³/mol. The second-order valence-corrected chi connectivity index (χ2v) is 16.0. The average Bonchev–Trinajstić information content (AvgIpc) is 3.84. The first-order valence-corrected chi connectivity index (χ1v) is 21.1. The molecule has 0 unspecified atom stereocenters. The van der Waals surface area contributed by atoms with E-state index < -0.39 is 5.41 Å². The standard InChI is InChI=1S/C59H40N2/c1-4-20-42(21-5-1)48-27-13-16-32-55(48)60(57-34-18-30-52-51-29-14-17-33-56(51)61(58(52)57)46-36-35-41-19-10-11-22-43(41)39-46)47-37-38-50-49-28-12-15-31-53(49)59(54(50)40-47,44-23-6-2-7-24-44)45-25-8-3-9-26-45/h1-40H. The van der Waals surface area contributed by atoms with Crippen molar-refractivity contribution in [3.63, 3.8) is 0 Å². The van der Waals surface area contributed by atoms with Crippen LogP contribution < -0.4 is 4.90 Å². The fourth-order valence-electron chi connectivity index (χ4n) is 10.3. The molecule has 1 aromatic heterocycles. The summed E-state index contributed by atoms with van der Waals surface area (Å²) in [4.78, 5) is 2.52. The van der Waals surface area contributed by atoms with Gasteiger partial charge in [-0.15, -0.1) is 0 Å². The maximum absolute atomic E-state index is 2.52. The van der Waals surface area contributed by atoms with Gasteiger partial charge in [-0.05, 0) is 92.2 Å². The summed E-state index contributed by atoms with van der Waals surface area (Å²) >= 11 is 0. The molecule has 0 fully saturated rings. The van der Waals surface area contributed by atoms with Gasteiger partial charge in [0.05, 0.1) is 27.8 Å². The highest BCUT2D eigenvalue weighted by Crippen LogP contribution is 2.58. The van der Waals surface area contributed by atoms with E-state index in [1.54, 1.807) is 0 Å². The third kappa shape index (κ3) is 5.36. The van der Waals surface area contributed by atoms with E-state index in [2.05, 4.69) is 252 Å². The van der Waals surface area contributed by atoms with Gasteiger partial charge in [-0.3, -0.25) is 0 Å².